The summed E-state index contributed by atoms with van der Waals surface area (Å²) in [7, 11) is -3.44. The van der Waals surface area contributed by atoms with E-state index >= 15 is 0 Å². The number of morpholine rings is 1. The number of ether oxygens (including phenoxy) is 1. The molecule has 0 N–H and O–H groups in total. The van der Waals surface area contributed by atoms with Gasteiger partial charge in [0.15, 0.2) is 0 Å². The zero-order valence-electron chi connectivity index (χ0n) is 15.0. The Balaban J connectivity index is 1.52. The summed E-state index contributed by atoms with van der Waals surface area (Å²) in [5, 5.41) is 0. The molecule has 1 aromatic carbocycles. The minimum absolute atomic E-state index is 0.121. The Kier molecular flexibility index (Phi) is 4.32. The van der Waals surface area contributed by atoms with Crippen LogP contribution in [-0.4, -0.2) is 79.9 Å². The highest BCUT2D eigenvalue weighted by Gasteiger charge is 2.57. The fraction of sp³-hybridized carbons (Fsp3) is 0.684. The smallest absolute Gasteiger partial charge is 0.282 e. The maximum atomic E-state index is 13.5. The van der Waals surface area contributed by atoms with Crippen LogP contribution in [0.5, 0.6) is 0 Å². The van der Waals surface area contributed by atoms with Gasteiger partial charge in [0.05, 0.1) is 13.2 Å². The fourth-order valence-electron chi connectivity index (χ4n) is 5.55. The number of benzene rings is 1. The summed E-state index contributed by atoms with van der Waals surface area (Å²) in [6, 6.07) is 10.9. The van der Waals surface area contributed by atoms with E-state index in [0.717, 1.165) is 25.9 Å². The normalized spacial score (nSPS) is 38.4. The van der Waals surface area contributed by atoms with Gasteiger partial charge in [-0.1, -0.05) is 30.3 Å². The van der Waals surface area contributed by atoms with Crippen LogP contribution in [0, 0.1) is 5.92 Å². The van der Waals surface area contributed by atoms with Crippen molar-refractivity contribution in [2.24, 2.45) is 5.92 Å². The number of rotatable bonds is 3. The maximum absolute atomic E-state index is 13.5. The summed E-state index contributed by atoms with van der Waals surface area (Å²) in [4.78, 5) is 2.55. The highest BCUT2D eigenvalue weighted by Crippen LogP contribution is 2.47. The van der Waals surface area contributed by atoms with E-state index in [1.165, 1.54) is 5.56 Å². The van der Waals surface area contributed by atoms with Gasteiger partial charge in [-0.2, -0.15) is 17.0 Å². The Labute approximate surface area is 155 Å². The number of fused-ring (bicyclic) bond motifs is 2. The predicted octanol–water partition coefficient (Wildman–Crippen LogP) is 1.13. The maximum Gasteiger partial charge on any atom is 0.282 e. The molecule has 5 fully saturated rings. The average molecular weight is 378 g/mol. The summed E-state index contributed by atoms with van der Waals surface area (Å²) in [6.45, 7) is 4.77. The molecular formula is C19H27N3O3S. The van der Waals surface area contributed by atoms with Gasteiger partial charge in [0, 0.05) is 37.6 Å². The van der Waals surface area contributed by atoms with E-state index in [9.17, 15) is 8.42 Å². The van der Waals surface area contributed by atoms with E-state index in [2.05, 4.69) is 29.2 Å². The molecule has 2 bridgehead atoms. The summed E-state index contributed by atoms with van der Waals surface area (Å²) in [6.07, 6.45) is 2.25. The Hall–Kier alpha value is -0.990. The van der Waals surface area contributed by atoms with Gasteiger partial charge in [0.2, 0.25) is 0 Å². The van der Waals surface area contributed by atoms with Crippen molar-refractivity contribution in [1.82, 2.24) is 13.5 Å². The molecule has 5 saturated heterocycles. The molecule has 1 aromatic rings. The third kappa shape index (κ3) is 2.64. The molecule has 7 heteroatoms. The van der Waals surface area contributed by atoms with Gasteiger partial charge >= 0.3 is 0 Å². The number of nitrogens with zero attached hydrogens (tertiary/aromatic N) is 3. The summed E-state index contributed by atoms with van der Waals surface area (Å²) in [5.74, 6) is 0.759. The first kappa shape index (κ1) is 17.1. The van der Waals surface area contributed by atoms with Crippen LogP contribution in [-0.2, 0) is 14.9 Å². The van der Waals surface area contributed by atoms with Crippen molar-refractivity contribution < 1.29 is 13.2 Å². The largest absolute Gasteiger partial charge is 0.379 e. The van der Waals surface area contributed by atoms with E-state index in [1.807, 2.05) is 10.4 Å². The average Bonchev–Trinajstić information content (AvgIpc) is 3.14. The minimum Gasteiger partial charge on any atom is -0.379 e. The number of hydrogen-bond acceptors (Lipinski definition) is 4. The van der Waals surface area contributed by atoms with Crippen LogP contribution in [0.4, 0.5) is 0 Å². The first-order valence-electron chi connectivity index (χ1n) is 9.80. The van der Waals surface area contributed by atoms with Crippen molar-refractivity contribution in [2.45, 2.75) is 30.8 Å². The van der Waals surface area contributed by atoms with Crippen LogP contribution < -0.4 is 0 Å². The molecule has 6 rings (SSSR count). The molecule has 6 nitrogen and oxygen atoms in total. The number of piperidine rings is 3. The first-order chi connectivity index (χ1) is 12.7. The molecule has 0 saturated carbocycles. The van der Waals surface area contributed by atoms with Gasteiger partial charge in [-0.3, -0.25) is 4.90 Å². The molecule has 0 spiro atoms. The van der Waals surface area contributed by atoms with Gasteiger partial charge in [0.25, 0.3) is 10.2 Å². The summed E-state index contributed by atoms with van der Waals surface area (Å²) < 4.78 is 35.8. The summed E-state index contributed by atoms with van der Waals surface area (Å²) in [5.41, 5.74) is 1.27. The fourth-order valence-corrected chi connectivity index (χ4v) is 7.41. The van der Waals surface area contributed by atoms with Gasteiger partial charge in [-0.05, 0) is 37.4 Å². The molecule has 0 amide bonds. The van der Waals surface area contributed by atoms with Crippen LogP contribution in [0.2, 0.25) is 0 Å². The minimum atomic E-state index is -3.44. The van der Waals surface area contributed by atoms with Crippen molar-refractivity contribution in [3.63, 3.8) is 0 Å². The van der Waals surface area contributed by atoms with Crippen LogP contribution >= 0.6 is 0 Å². The Bertz CT molecular complexity index is 743. The quantitative estimate of drug-likeness (QED) is 0.792. The van der Waals surface area contributed by atoms with E-state index in [1.54, 1.807) is 4.31 Å². The van der Waals surface area contributed by atoms with E-state index in [4.69, 9.17) is 4.74 Å². The zero-order chi connectivity index (χ0) is 17.7. The number of hydrogen-bond donors (Lipinski definition) is 0. The van der Waals surface area contributed by atoms with E-state index < -0.39 is 10.2 Å². The molecule has 0 aliphatic carbocycles. The third-order valence-corrected chi connectivity index (χ3v) is 8.77. The second kappa shape index (κ2) is 6.56. The molecular weight excluding hydrogens is 350 g/mol. The van der Waals surface area contributed by atoms with Crippen LogP contribution in [0.15, 0.2) is 30.3 Å². The SMILES string of the molecule is O=S(=O)(N1CCOCC1)N1C[C@H](c2ccccc2)[C@H]2[C@@H]1C1CCN2CC1. The summed E-state index contributed by atoms with van der Waals surface area (Å²) >= 11 is 0. The molecule has 26 heavy (non-hydrogen) atoms. The van der Waals surface area contributed by atoms with Crippen molar-refractivity contribution in [3.05, 3.63) is 35.9 Å². The molecule has 0 radical (unpaired) electrons. The van der Waals surface area contributed by atoms with Crippen LogP contribution in [0.1, 0.15) is 24.3 Å². The van der Waals surface area contributed by atoms with Gasteiger partial charge in [-0.15, -0.1) is 0 Å². The van der Waals surface area contributed by atoms with Gasteiger partial charge in [-0.25, -0.2) is 0 Å². The van der Waals surface area contributed by atoms with E-state index in [-0.39, 0.29) is 12.0 Å². The molecule has 0 aromatic heterocycles. The molecule has 3 atom stereocenters. The van der Waals surface area contributed by atoms with Crippen molar-refractivity contribution in [2.75, 3.05) is 45.9 Å². The van der Waals surface area contributed by atoms with Gasteiger partial charge < -0.3 is 4.74 Å². The third-order valence-electron chi connectivity index (χ3n) is 6.77. The highest BCUT2D eigenvalue weighted by molar-refractivity contribution is 7.86. The van der Waals surface area contributed by atoms with E-state index in [0.29, 0.717) is 44.8 Å². The monoisotopic (exact) mass is 377 g/mol. The lowest BCUT2D eigenvalue weighted by Crippen LogP contribution is -2.62. The lowest BCUT2D eigenvalue weighted by Gasteiger charge is -2.51. The van der Waals surface area contributed by atoms with Crippen molar-refractivity contribution in [3.8, 4) is 0 Å². The Morgan fingerprint density at radius 2 is 1.62 bits per heavy atom. The second-order valence-electron chi connectivity index (χ2n) is 7.96. The molecule has 5 heterocycles. The standard InChI is InChI=1S/C19H27N3O3S/c23-26(24,21-10-12-25-13-11-21)22-14-17(15-4-2-1-3-5-15)19-18(22)16-6-8-20(19)9-7-16/h1-5,16-19H,6-14H2/t17-,18+,19+/m1/s1. The lowest BCUT2D eigenvalue weighted by molar-refractivity contribution is 0.00948. The topological polar surface area (TPSA) is 53.1 Å². The van der Waals surface area contributed by atoms with Crippen molar-refractivity contribution >= 4 is 10.2 Å². The Morgan fingerprint density at radius 1 is 0.923 bits per heavy atom. The molecule has 5 aliphatic rings. The first-order valence-corrected chi connectivity index (χ1v) is 11.2. The second-order valence-corrected chi connectivity index (χ2v) is 9.84. The molecule has 142 valence electrons. The Morgan fingerprint density at radius 3 is 2.31 bits per heavy atom. The predicted molar refractivity (Wildman–Crippen MR) is 99.1 cm³/mol. The molecule has 5 aliphatic heterocycles. The highest BCUT2D eigenvalue weighted by atomic mass is 32.2. The zero-order valence-corrected chi connectivity index (χ0v) is 15.9. The van der Waals surface area contributed by atoms with Crippen molar-refractivity contribution in [1.29, 1.82) is 0 Å². The van der Waals surface area contributed by atoms with Crippen LogP contribution in [0.3, 0.4) is 0 Å². The lowest BCUT2D eigenvalue weighted by atomic mass is 9.75. The molecule has 0 unspecified atom stereocenters. The van der Waals surface area contributed by atoms with Gasteiger partial charge in [0.1, 0.15) is 0 Å². The van der Waals surface area contributed by atoms with Crippen LogP contribution in [0.25, 0.3) is 0 Å².